The first-order valence-corrected chi connectivity index (χ1v) is 6.60. The molecule has 21 heavy (non-hydrogen) atoms. The van der Waals surface area contributed by atoms with Crippen LogP contribution < -0.4 is 0 Å². The monoisotopic (exact) mass is 278 g/mol. The van der Waals surface area contributed by atoms with Crippen LogP contribution in [0.2, 0.25) is 0 Å². The molecule has 0 radical (unpaired) electrons. The molecule has 0 aliphatic heterocycles. The quantitative estimate of drug-likeness (QED) is 0.797. The van der Waals surface area contributed by atoms with Crippen LogP contribution in [0.5, 0.6) is 0 Å². The van der Waals surface area contributed by atoms with Gasteiger partial charge in [0.15, 0.2) is 0 Å². The summed E-state index contributed by atoms with van der Waals surface area (Å²) >= 11 is 0. The van der Waals surface area contributed by atoms with Crippen LogP contribution in [0.1, 0.15) is 15.9 Å². The van der Waals surface area contributed by atoms with E-state index in [2.05, 4.69) is 5.10 Å². The molecule has 0 unspecified atom stereocenters. The van der Waals surface area contributed by atoms with E-state index >= 15 is 0 Å². The Kier molecular flexibility index (Phi) is 3.28. The second-order valence-corrected chi connectivity index (χ2v) is 4.79. The van der Waals surface area contributed by atoms with Gasteiger partial charge in [0.25, 0.3) is 0 Å². The van der Waals surface area contributed by atoms with Crippen molar-refractivity contribution in [2.75, 3.05) is 0 Å². The smallest absolute Gasteiger partial charge is 0.336 e. The Hall–Kier alpha value is -2.88. The van der Waals surface area contributed by atoms with E-state index in [1.807, 2.05) is 48.7 Å². The lowest BCUT2D eigenvalue weighted by Gasteiger charge is -2.12. The predicted molar refractivity (Wildman–Crippen MR) is 80.7 cm³/mol. The van der Waals surface area contributed by atoms with E-state index in [0.29, 0.717) is 11.1 Å². The van der Waals surface area contributed by atoms with Gasteiger partial charge in [-0.3, -0.25) is 0 Å². The fourth-order valence-electron chi connectivity index (χ4n) is 2.37. The van der Waals surface area contributed by atoms with Gasteiger partial charge in [-0.25, -0.2) is 9.48 Å². The average Bonchev–Trinajstić information content (AvgIpc) is 3.02. The standard InChI is InChI=1S/C17H14N2O2/c1-12-15(17(20)21)10-14(13-6-3-2-4-7-13)11-16(12)19-9-5-8-18-19/h2-11H,1H3,(H,20,21). The molecule has 1 N–H and O–H groups in total. The Labute approximate surface area is 122 Å². The summed E-state index contributed by atoms with van der Waals surface area (Å²) in [5.74, 6) is -0.932. The number of hydrogen-bond donors (Lipinski definition) is 1. The molecular weight excluding hydrogens is 264 g/mol. The van der Waals surface area contributed by atoms with Crippen LogP contribution in [0.15, 0.2) is 60.9 Å². The normalized spacial score (nSPS) is 10.5. The van der Waals surface area contributed by atoms with Gasteiger partial charge in [-0.05, 0) is 41.8 Å². The Morgan fingerprint density at radius 2 is 1.86 bits per heavy atom. The number of rotatable bonds is 3. The topological polar surface area (TPSA) is 55.1 Å². The zero-order chi connectivity index (χ0) is 14.8. The molecule has 0 saturated carbocycles. The van der Waals surface area contributed by atoms with Gasteiger partial charge in [0.05, 0.1) is 11.3 Å². The van der Waals surface area contributed by atoms with Crippen molar-refractivity contribution in [1.82, 2.24) is 9.78 Å². The van der Waals surface area contributed by atoms with Gasteiger partial charge in [0.2, 0.25) is 0 Å². The summed E-state index contributed by atoms with van der Waals surface area (Å²) < 4.78 is 1.69. The Balaban J connectivity index is 2.26. The molecule has 3 rings (SSSR count). The van der Waals surface area contributed by atoms with E-state index < -0.39 is 5.97 Å². The molecule has 2 aromatic carbocycles. The number of carbonyl (C=O) groups is 1. The van der Waals surface area contributed by atoms with Crippen LogP contribution in [-0.2, 0) is 0 Å². The molecule has 0 aliphatic rings. The summed E-state index contributed by atoms with van der Waals surface area (Å²) in [5.41, 5.74) is 3.61. The molecule has 1 aromatic heterocycles. The SMILES string of the molecule is Cc1c(C(=O)O)cc(-c2ccccc2)cc1-n1cccn1. The molecule has 0 spiro atoms. The first kappa shape index (κ1) is 13.1. The largest absolute Gasteiger partial charge is 0.478 e. The number of carboxylic acid groups (broad SMARTS) is 1. The Morgan fingerprint density at radius 1 is 1.10 bits per heavy atom. The molecule has 4 nitrogen and oxygen atoms in total. The fourth-order valence-corrected chi connectivity index (χ4v) is 2.37. The molecule has 1 heterocycles. The highest BCUT2D eigenvalue weighted by Gasteiger charge is 2.15. The van der Waals surface area contributed by atoms with E-state index in [1.54, 1.807) is 23.9 Å². The third-order valence-corrected chi connectivity index (χ3v) is 3.47. The summed E-state index contributed by atoms with van der Waals surface area (Å²) in [4.78, 5) is 11.5. The maximum atomic E-state index is 11.5. The minimum absolute atomic E-state index is 0.293. The molecule has 0 saturated heterocycles. The number of benzene rings is 2. The van der Waals surface area contributed by atoms with Crippen molar-refractivity contribution < 1.29 is 9.90 Å². The van der Waals surface area contributed by atoms with Crippen molar-refractivity contribution in [2.24, 2.45) is 0 Å². The van der Waals surface area contributed by atoms with Crippen LogP contribution in [0.3, 0.4) is 0 Å². The number of nitrogens with zero attached hydrogens (tertiary/aromatic N) is 2. The highest BCUT2D eigenvalue weighted by molar-refractivity contribution is 5.92. The lowest BCUT2D eigenvalue weighted by atomic mass is 9.98. The minimum Gasteiger partial charge on any atom is -0.478 e. The second-order valence-electron chi connectivity index (χ2n) is 4.79. The van der Waals surface area contributed by atoms with E-state index in [4.69, 9.17) is 0 Å². The molecule has 0 bridgehead atoms. The maximum Gasteiger partial charge on any atom is 0.336 e. The molecule has 3 aromatic rings. The van der Waals surface area contributed by atoms with E-state index in [1.165, 1.54) is 0 Å². The van der Waals surface area contributed by atoms with Crippen LogP contribution in [0.4, 0.5) is 0 Å². The number of aromatic nitrogens is 2. The van der Waals surface area contributed by atoms with Crippen LogP contribution in [0, 0.1) is 6.92 Å². The average molecular weight is 278 g/mol. The van der Waals surface area contributed by atoms with Crippen molar-refractivity contribution in [3.8, 4) is 16.8 Å². The van der Waals surface area contributed by atoms with Gasteiger partial charge >= 0.3 is 5.97 Å². The van der Waals surface area contributed by atoms with Gasteiger partial charge < -0.3 is 5.11 Å². The van der Waals surface area contributed by atoms with Crippen LogP contribution in [-0.4, -0.2) is 20.9 Å². The van der Waals surface area contributed by atoms with Crippen molar-refractivity contribution in [2.45, 2.75) is 6.92 Å². The highest BCUT2D eigenvalue weighted by Crippen LogP contribution is 2.27. The van der Waals surface area contributed by atoms with Crippen molar-refractivity contribution in [3.05, 3.63) is 72.1 Å². The number of aromatic carboxylic acids is 1. The second kappa shape index (κ2) is 5.25. The van der Waals surface area contributed by atoms with E-state index in [-0.39, 0.29) is 0 Å². The summed E-state index contributed by atoms with van der Waals surface area (Å²) in [6.07, 6.45) is 3.48. The molecule has 0 aliphatic carbocycles. The lowest BCUT2D eigenvalue weighted by molar-refractivity contribution is 0.0696. The highest BCUT2D eigenvalue weighted by atomic mass is 16.4. The van der Waals surface area contributed by atoms with Gasteiger partial charge in [-0.15, -0.1) is 0 Å². The number of hydrogen-bond acceptors (Lipinski definition) is 2. The van der Waals surface area contributed by atoms with Crippen molar-refractivity contribution in [1.29, 1.82) is 0 Å². The third kappa shape index (κ3) is 2.43. The van der Waals surface area contributed by atoms with E-state index in [0.717, 1.165) is 16.8 Å². The van der Waals surface area contributed by atoms with Crippen LogP contribution in [0.25, 0.3) is 16.8 Å². The summed E-state index contributed by atoms with van der Waals surface area (Å²) in [6, 6.07) is 15.2. The van der Waals surface area contributed by atoms with Crippen molar-refractivity contribution >= 4 is 5.97 Å². The first-order chi connectivity index (χ1) is 10.2. The third-order valence-electron chi connectivity index (χ3n) is 3.47. The first-order valence-electron chi connectivity index (χ1n) is 6.60. The van der Waals surface area contributed by atoms with Crippen molar-refractivity contribution in [3.63, 3.8) is 0 Å². The summed E-state index contributed by atoms with van der Waals surface area (Å²) in [7, 11) is 0. The van der Waals surface area contributed by atoms with Crippen LogP contribution >= 0.6 is 0 Å². The molecule has 0 atom stereocenters. The molecule has 0 amide bonds. The molecule has 4 heteroatoms. The molecule has 104 valence electrons. The fraction of sp³-hybridized carbons (Fsp3) is 0.0588. The lowest BCUT2D eigenvalue weighted by Crippen LogP contribution is -2.06. The zero-order valence-electron chi connectivity index (χ0n) is 11.5. The summed E-state index contributed by atoms with van der Waals surface area (Å²) in [5, 5.41) is 13.6. The maximum absolute atomic E-state index is 11.5. The van der Waals surface area contributed by atoms with Gasteiger partial charge in [-0.2, -0.15) is 5.10 Å². The van der Waals surface area contributed by atoms with E-state index in [9.17, 15) is 9.90 Å². The zero-order valence-corrected chi connectivity index (χ0v) is 11.5. The molecular formula is C17H14N2O2. The summed E-state index contributed by atoms with van der Waals surface area (Å²) in [6.45, 7) is 1.80. The number of carboxylic acids is 1. The molecule has 0 fully saturated rings. The predicted octanol–water partition coefficient (Wildman–Crippen LogP) is 3.55. The van der Waals surface area contributed by atoms with Gasteiger partial charge in [0.1, 0.15) is 0 Å². The van der Waals surface area contributed by atoms with Gasteiger partial charge in [0, 0.05) is 12.4 Å². The Bertz CT molecular complexity index is 778. The minimum atomic E-state index is -0.932. The van der Waals surface area contributed by atoms with Gasteiger partial charge in [-0.1, -0.05) is 30.3 Å². The Morgan fingerprint density at radius 3 is 2.48 bits per heavy atom.